The molecule has 1 aliphatic rings. The molecule has 1 amide bonds. The Morgan fingerprint density at radius 3 is 2.68 bits per heavy atom. The summed E-state index contributed by atoms with van der Waals surface area (Å²) < 4.78 is 14.3. The number of aromatic amines is 1. The highest BCUT2D eigenvalue weighted by Gasteiger charge is 2.28. The monoisotopic (exact) mass is 400 g/mol. The number of rotatable bonds is 3. The quantitative estimate of drug-likeness (QED) is 0.732. The Morgan fingerprint density at radius 1 is 1.18 bits per heavy atom. The highest BCUT2D eigenvalue weighted by atomic mass is 35.5. The van der Waals surface area contributed by atoms with E-state index in [1.807, 2.05) is 0 Å². The number of H-pyrrole nitrogens is 1. The zero-order valence-corrected chi connectivity index (χ0v) is 15.7. The van der Waals surface area contributed by atoms with Crippen LogP contribution in [0.4, 0.5) is 4.39 Å². The molecule has 0 radical (unpaired) electrons. The van der Waals surface area contributed by atoms with Crippen molar-refractivity contribution in [2.75, 3.05) is 13.1 Å². The van der Waals surface area contributed by atoms with E-state index in [9.17, 15) is 14.0 Å². The molecule has 1 aliphatic heterocycles. The summed E-state index contributed by atoms with van der Waals surface area (Å²) in [5.74, 6) is -0.0789. The fourth-order valence-corrected chi connectivity index (χ4v) is 3.69. The third-order valence-corrected chi connectivity index (χ3v) is 5.24. The first-order chi connectivity index (χ1) is 13.5. The minimum absolute atomic E-state index is 0.0883. The SMILES string of the molecule is O=C(c1ccccc1Cl)N1CCCC(c2nn(-c3ccc(F)cc3)c(=O)[nH]2)C1. The summed E-state index contributed by atoms with van der Waals surface area (Å²) in [6, 6.07) is 12.5. The minimum Gasteiger partial charge on any atom is -0.338 e. The zero-order valence-electron chi connectivity index (χ0n) is 14.9. The van der Waals surface area contributed by atoms with Crippen molar-refractivity contribution in [3.8, 4) is 5.69 Å². The van der Waals surface area contributed by atoms with Crippen LogP contribution in [0.5, 0.6) is 0 Å². The zero-order chi connectivity index (χ0) is 19.7. The molecule has 4 rings (SSSR count). The van der Waals surface area contributed by atoms with Gasteiger partial charge in [-0.15, -0.1) is 5.10 Å². The number of carbonyl (C=O) groups is 1. The Labute approximate surface area is 165 Å². The molecule has 1 saturated heterocycles. The van der Waals surface area contributed by atoms with Crippen molar-refractivity contribution in [3.63, 3.8) is 0 Å². The fraction of sp³-hybridized carbons (Fsp3) is 0.250. The van der Waals surface area contributed by atoms with E-state index in [4.69, 9.17) is 11.6 Å². The lowest BCUT2D eigenvalue weighted by Gasteiger charge is -2.31. The van der Waals surface area contributed by atoms with Crippen molar-refractivity contribution in [3.05, 3.63) is 81.2 Å². The van der Waals surface area contributed by atoms with Crippen molar-refractivity contribution in [1.29, 1.82) is 0 Å². The summed E-state index contributed by atoms with van der Waals surface area (Å²) in [5, 5.41) is 4.80. The predicted octanol–water partition coefficient (Wildman–Crippen LogP) is 3.37. The smallest absolute Gasteiger partial charge is 0.338 e. The number of amides is 1. The number of nitrogens with zero attached hydrogens (tertiary/aromatic N) is 3. The number of carbonyl (C=O) groups excluding carboxylic acids is 1. The van der Waals surface area contributed by atoms with Gasteiger partial charge >= 0.3 is 5.69 Å². The van der Waals surface area contributed by atoms with E-state index < -0.39 is 5.69 Å². The van der Waals surface area contributed by atoms with Crippen LogP contribution in [0.1, 0.15) is 34.9 Å². The molecule has 1 atom stereocenters. The molecule has 2 aromatic carbocycles. The van der Waals surface area contributed by atoms with Crippen LogP contribution in [0.3, 0.4) is 0 Å². The Hall–Kier alpha value is -2.93. The molecule has 144 valence electrons. The molecule has 28 heavy (non-hydrogen) atoms. The average molecular weight is 401 g/mol. The second-order valence-electron chi connectivity index (χ2n) is 6.77. The van der Waals surface area contributed by atoms with Gasteiger partial charge < -0.3 is 4.90 Å². The van der Waals surface area contributed by atoms with Gasteiger partial charge in [-0.25, -0.2) is 9.18 Å². The van der Waals surface area contributed by atoms with E-state index >= 15 is 0 Å². The average Bonchev–Trinajstić information content (AvgIpc) is 3.10. The van der Waals surface area contributed by atoms with Gasteiger partial charge in [0.2, 0.25) is 0 Å². The van der Waals surface area contributed by atoms with E-state index in [1.165, 1.54) is 28.9 Å². The van der Waals surface area contributed by atoms with E-state index in [-0.39, 0.29) is 17.6 Å². The molecular weight excluding hydrogens is 383 g/mol. The van der Waals surface area contributed by atoms with Crippen LogP contribution in [0.15, 0.2) is 53.3 Å². The summed E-state index contributed by atoms with van der Waals surface area (Å²) in [6.07, 6.45) is 1.61. The van der Waals surface area contributed by atoms with Crippen LogP contribution >= 0.6 is 11.6 Å². The van der Waals surface area contributed by atoms with Crippen molar-refractivity contribution in [2.45, 2.75) is 18.8 Å². The molecule has 0 saturated carbocycles. The van der Waals surface area contributed by atoms with Gasteiger partial charge in [0.15, 0.2) is 0 Å². The van der Waals surface area contributed by atoms with E-state index in [2.05, 4.69) is 10.1 Å². The van der Waals surface area contributed by atoms with Gasteiger partial charge in [-0.2, -0.15) is 4.68 Å². The van der Waals surface area contributed by atoms with Crippen LogP contribution in [0, 0.1) is 5.82 Å². The Morgan fingerprint density at radius 2 is 1.93 bits per heavy atom. The first-order valence-corrected chi connectivity index (χ1v) is 9.39. The first-order valence-electron chi connectivity index (χ1n) is 9.02. The molecule has 0 spiro atoms. The standard InChI is InChI=1S/C20H18ClFN4O2/c21-17-6-2-1-5-16(17)19(27)25-11-3-4-13(12-25)18-23-20(28)26(24-18)15-9-7-14(22)8-10-15/h1-2,5-10,13H,3-4,11-12H2,(H,23,24,28). The number of halogens is 2. The molecule has 2 heterocycles. The maximum Gasteiger partial charge on any atom is 0.348 e. The first kappa shape index (κ1) is 18.4. The maximum absolute atomic E-state index is 13.1. The maximum atomic E-state index is 13.1. The van der Waals surface area contributed by atoms with Gasteiger partial charge in [-0.3, -0.25) is 9.78 Å². The Balaban J connectivity index is 1.56. The van der Waals surface area contributed by atoms with Gasteiger partial charge in [0.1, 0.15) is 11.6 Å². The number of likely N-dealkylation sites (tertiary alicyclic amines) is 1. The van der Waals surface area contributed by atoms with Crippen LogP contribution in [-0.2, 0) is 0 Å². The van der Waals surface area contributed by atoms with Crippen molar-refractivity contribution in [2.24, 2.45) is 0 Å². The van der Waals surface area contributed by atoms with Gasteiger partial charge in [0.25, 0.3) is 5.91 Å². The topological polar surface area (TPSA) is 71.0 Å². The molecule has 1 unspecified atom stereocenters. The van der Waals surface area contributed by atoms with E-state index in [0.29, 0.717) is 35.2 Å². The summed E-state index contributed by atoms with van der Waals surface area (Å²) in [4.78, 5) is 29.7. The number of nitrogens with one attached hydrogen (secondary N) is 1. The van der Waals surface area contributed by atoms with Crippen molar-refractivity contribution >= 4 is 17.5 Å². The van der Waals surface area contributed by atoms with Crippen molar-refractivity contribution in [1.82, 2.24) is 19.7 Å². The molecule has 0 bridgehead atoms. The molecule has 0 aliphatic carbocycles. The third-order valence-electron chi connectivity index (χ3n) is 4.91. The minimum atomic E-state index is -0.392. The summed E-state index contributed by atoms with van der Waals surface area (Å²) in [6.45, 7) is 1.07. The van der Waals surface area contributed by atoms with Gasteiger partial charge in [-0.05, 0) is 49.2 Å². The van der Waals surface area contributed by atoms with Gasteiger partial charge in [0.05, 0.1) is 16.3 Å². The predicted molar refractivity (Wildman–Crippen MR) is 103 cm³/mol. The number of aromatic nitrogens is 3. The molecular formula is C20H18ClFN4O2. The molecule has 3 aromatic rings. The Bertz CT molecular complexity index is 1060. The lowest BCUT2D eigenvalue weighted by molar-refractivity contribution is 0.0704. The number of benzene rings is 2. The molecule has 1 aromatic heterocycles. The highest BCUT2D eigenvalue weighted by Crippen LogP contribution is 2.26. The number of piperidine rings is 1. The molecule has 6 nitrogen and oxygen atoms in total. The van der Waals surface area contributed by atoms with Crippen LogP contribution in [-0.4, -0.2) is 38.7 Å². The lowest BCUT2D eigenvalue weighted by atomic mass is 9.96. The molecule has 1 fully saturated rings. The summed E-state index contributed by atoms with van der Waals surface area (Å²) >= 11 is 6.16. The van der Waals surface area contributed by atoms with Gasteiger partial charge in [0, 0.05) is 19.0 Å². The second kappa shape index (κ2) is 7.59. The number of hydrogen-bond donors (Lipinski definition) is 1. The normalized spacial score (nSPS) is 16.9. The largest absolute Gasteiger partial charge is 0.348 e. The highest BCUT2D eigenvalue weighted by molar-refractivity contribution is 6.33. The van der Waals surface area contributed by atoms with Crippen LogP contribution in [0.2, 0.25) is 5.02 Å². The summed E-state index contributed by atoms with van der Waals surface area (Å²) in [7, 11) is 0. The van der Waals surface area contributed by atoms with Crippen LogP contribution < -0.4 is 5.69 Å². The third kappa shape index (κ3) is 3.57. The van der Waals surface area contributed by atoms with E-state index in [1.54, 1.807) is 29.2 Å². The summed E-state index contributed by atoms with van der Waals surface area (Å²) in [5.41, 5.74) is 0.556. The van der Waals surface area contributed by atoms with Crippen LogP contribution in [0.25, 0.3) is 5.69 Å². The second-order valence-corrected chi connectivity index (χ2v) is 7.18. The van der Waals surface area contributed by atoms with Gasteiger partial charge in [-0.1, -0.05) is 23.7 Å². The molecule has 8 heteroatoms. The van der Waals surface area contributed by atoms with Crippen molar-refractivity contribution < 1.29 is 9.18 Å². The number of hydrogen-bond acceptors (Lipinski definition) is 3. The van der Waals surface area contributed by atoms with E-state index in [0.717, 1.165) is 12.8 Å². The lowest BCUT2D eigenvalue weighted by Crippen LogP contribution is -2.39. The molecule has 1 N–H and O–H groups in total. The fourth-order valence-electron chi connectivity index (χ4n) is 3.47. The Kier molecular flexibility index (Phi) is 5.00.